The molecule has 0 aliphatic heterocycles. The fraction of sp³-hybridized carbons (Fsp3) is 0.600. The van der Waals surface area contributed by atoms with Crippen LogP contribution in [0.1, 0.15) is 24.8 Å². The third-order valence-electron chi connectivity index (χ3n) is 4.31. The standard InChI is InChI=1S/C15H23BrN2/c1-17(2)15(9-6-10-15)12-18(3)14-8-5-4-7-13(14)11-16/h4-5,7-8H,6,9-12H2,1-3H3. The van der Waals surface area contributed by atoms with Gasteiger partial charge in [-0.25, -0.2) is 0 Å². The summed E-state index contributed by atoms with van der Waals surface area (Å²) in [5.74, 6) is 0. The Labute approximate surface area is 119 Å². The van der Waals surface area contributed by atoms with E-state index in [1.165, 1.54) is 30.5 Å². The van der Waals surface area contributed by atoms with E-state index in [0.29, 0.717) is 5.54 Å². The van der Waals surface area contributed by atoms with Gasteiger partial charge in [-0.2, -0.15) is 0 Å². The minimum atomic E-state index is 0.383. The van der Waals surface area contributed by atoms with Crippen LogP contribution in [0, 0.1) is 0 Å². The van der Waals surface area contributed by atoms with Gasteiger partial charge in [-0.1, -0.05) is 34.1 Å². The topological polar surface area (TPSA) is 6.48 Å². The summed E-state index contributed by atoms with van der Waals surface area (Å²) in [5.41, 5.74) is 3.10. The summed E-state index contributed by atoms with van der Waals surface area (Å²) in [7, 11) is 6.64. The second kappa shape index (κ2) is 5.62. The second-order valence-corrected chi connectivity index (χ2v) is 6.15. The van der Waals surface area contributed by atoms with Crippen molar-refractivity contribution in [2.45, 2.75) is 30.1 Å². The highest BCUT2D eigenvalue weighted by molar-refractivity contribution is 9.08. The van der Waals surface area contributed by atoms with Gasteiger partial charge < -0.3 is 9.80 Å². The predicted octanol–water partition coefficient (Wildman–Crippen LogP) is 3.50. The molecule has 0 radical (unpaired) electrons. The monoisotopic (exact) mass is 310 g/mol. The zero-order valence-electron chi connectivity index (χ0n) is 11.6. The van der Waals surface area contributed by atoms with E-state index in [1.54, 1.807) is 0 Å². The maximum atomic E-state index is 3.58. The highest BCUT2D eigenvalue weighted by Gasteiger charge is 2.40. The van der Waals surface area contributed by atoms with Gasteiger partial charge in [0.15, 0.2) is 0 Å². The Bertz CT molecular complexity index is 399. The number of benzene rings is 1. The van der Waals surface area contributed by atoms with Gasteiger partial charge >= 0.3 is 0 Å². The van der Waals surface area contributed by atoms with Crippen molar-refractivity contribution in [2.75, 3.05) is 32.6 Å². The van der Waals surface area contributed by atoms with E-state index in [9.17, 15) is 0 Å². The molecule has 0 amide bonds. The van der Waals surface area contributed by atoms with E-state index in [0.717, 1.165) is 11.9 Å². The van der Waals surface area contributed by atoms with Gasteiger partial charge in [-0.3, -0.25) is 0 Å². The molecular formula is C15H23BrN2. The lowest BCUT2D eigenvalue weighted by Crippen LogP contribution is -2.56. The summed E-state index contributed by atoms with van der Waals surface area (Å²) in [5, 5.41) is 0.919. The molecule has 3 heteroatoms. The fourth-order valence-electron chi connectivity index (χ4n) is 2.85. The van der Waals surface area contributed by atoms with Gasteiger partial charge in [0.2, 0.25) is 0 Å². The van der Waals surface area contributed by atoms with Crippen molar-refractivity contribution in [1.29, 1.82) is 0 Å². The molecule has 0 N–H and O–H groups in total. The minimum absolute atomic E-state index is 0.383. The third-order valence-corrected chi connectivity index (χ3v) is 4.92. The first kappa shape index (κ1) is 13.9. The molecule has 1 saturated carbocycles. The first-order valence-corrected chi connectivity index (χ1v) is 7.74. The highest BCUT2D eigenvalue weighted by atomic mass is 79.9. The van der Waals surface area contributed by atoms with E-state index < -0.39 is 0 Å². The number of hydrogen-bond donors (Lipinski definition) is 0. The maximum Gasteiger partial charge on any atom is 0.0405 e. The quantitative estimate of drug-likeness (QED) is 0.768. The number of likely N-dealkylation sites (N-methyl/N-ethyl adjacent to an activating group) is 2. The Morgan fingerprint density at radius 2 is 1.83 bits per heavy atom. The summed E-state index contributed by atoms with van der Waals surface area (Å²) < 4.78 is 0. The molecule has 0 atom stereocenters. The lowest BCUT2D eigenvalue weighted by Gasteiger charge is -2.49. The van der Waals surface area contributed by atoms with Crippen molar-refractivity contribution in [2.24, 2.45) is 0 Å². The summed E-state index contributed by atoms with van der Waals surface area (Å²) >= 11 is 3.58. The number of anilines is 1. The number of alkyl halides is 1. The van der Waals surface area contributed by atoms with Gasteiger partial charge in [-0.05, 0) is 45.0 Å². The molecule has 2 nitrogen and oxygen atoms in total. The molecule has 1 aromatic rings. The fourth-order valence-corrected chi connectivity index (χ4v) is 3.33. The Hall–Kier alpha value is -0.540. The van der Waals surface area contributed by atoms with Crippen molar-refractivity contribution in [1.82, 2.24) is 4.90 Å². The van der Waals surface area contributed by atoms with Crippen molar-refractivity contribution in [3.63, 3.8) is 0 Å². The smallest absolute Gasteiger partial charge is 0.0405 e. The average Bonchev–Trinajstić information content (AvgIpc) is 2.33. The Morgan fingerprint density at radius 3 is 2.33 bits per heavy atom. The molecule has 0 aromatic heterocycles. The number of para-hydroxylation sites is 1. The Balaban J connectivity index is 2.14. The Kier molecular flexibility index (Phi) is 4.33. The molecule has 2 rings (SSSR count). The zero-order chi connectivity index (χ0) is 13.2. The number of nitrogens with zero attached hydrogens (tertiary/aromatic N) is 2. The van der Waals surface area contributed by atoms with E-state index in [2.05, 4.69) is 71.1 Å². The van der Waals surface area contributed by atoms with Crippen molar-refractivity contribution < 1.29 is 0 Å². The molecular weight excluding hydrogens is 288 g/mol. The van der Waals surface area contributed by atoms with Gasteiger partial charge in [0.1, 0.15) is 0 Å². The third kappa shape index (κ3) is 2.57. The summed E-state index contributed by atoms with van der Waals surface area (Å²) in [6.07, 6.45) is 4.01. The van der Waals surface area contributed by atoms with Crippen LogP contribution < -0.4 is 4.90 Å². The number of halogens is 1. The molecule has 1 aromatic carbocycles. The summed E-state index contributed by atoms with van der Waals surface area (Å²) in [6.45, 7) is 1.12. The van der Waals surface area contributed by atoms with Crippen LogP contribution in [-0.2, 0) is 5.33 Å². The van der Waals surface area contributed by atoms with Crippen molar-refractivity contribution in [3.8, 4) is 0 Å². The van der Waals surface area contributed by atoms with Crippen LogP contribution in [0.25, 0.3) is 0 Å². The lowest BCUT2D eigenvalue weighted by molar-refractivity contribution is 0.0683. The van der Waals surface area contributed by atoms with E-state index in [1.807, 2.05) is 0 Å². The van der Waals surface area contributed by atoms with Crippen LogP contribution in [0.5, 0.6) is 0 Å². The van der Waals surface area contributed by atoms with Crippen LogP contribution in [0.2, 0.25) is 0 Å². The minimum Gasteiger partial charge on any atom is -0.372 e. The van der Waals surface area contributed by atoms with Gasteiger partial charge in [0.05, 0.1) is 0 Å². The van der Waals surface area contributed by atoms with Crippen LogP contribution in [0.3, 0.4) is 0 Å². The first-order valence-electron chi connectivity index (χ1n) is 6.61. The number of rotatable bonds is 5. The molecule has 0 spiro atoms. The molecule has 18 heavy (non-hydrogen) atoms. The zero-order valence-corrected chi connectivity index (χ0v) is 13.2. The van der Waals surface area contributed by atoms with Crippen LogP contribution in [-0.4, -0.2) is 38.1 Å². The molecule has 100 valence electrons. The molecule has 0 unspecified atom stereocenters. The Morgan fingerprint density at radius 1 is 1.17 bits per heavy atom. The molecule has 0 saturated heterocycles. The van der Waals surface area contributed by atoms with E-state index in [-0.39, 0.29) is 0 Å². The summed E-state index contributed by atoms with van der Waals surface area (Å²) in [4.78, 5) is 4.82. The molecule has 1 aliphatic carbocycles. The average molecular weight is 311 g/mol. The van der Waals surface area contributed by atoms with Crippen LogP contribution >= 0.6 is 15.9 Å². The van der Waals surface area contributed by atoms with Crippen LogP contribution in [0.15, 0.2) is 24.3 Å². The van der Waals surface area contributed by atoms with E-state index in [4.69, 9.17) is 0 Å². The second-order valence-electron chi connectivity index (χ2n) is 5.59. The molecule has 0 heterocycles. The van der Waals surface area contributed by atoms with E-state index >= 15 is 0 Å². The van der Waals surface area contributed by atoms with Gasteiger partial charge in [0, 0.05) is 30.1 Å². The molecule has 0 bridgehead atoms. The van der Waals surface area contributed by atoms with Gasteiger partial charge in [0.25, 0.3) is 0 Å². The maximum absolute atomic E-state index is 3.58. The first-order chi connectivity index (χ1) is 8.59. The molecule has 1 fully saturated rings. The normalized spacial score (nSPS) is 17.6. The molecule has 1 aliphatic rings. The highest BCUT2D eigenvalue weighted by Crippen LogP contribution is 2.37. The van der Waals surface area contributed by atoms with Crippen LogP contribution in [0.4, 0.5) is 5.69 Å². The SMILES string of the molecule is CN(CC1(N(C)C)CCC1)c1ccccc1CBr. The van der Waals surface area contributed by atoms with Gasteiger partial charge in [-0.15, -0.1) is 0 Å². The lowest BCUT2D eigenvalue weighted by atomic mass is 9.75. The van der Waals surface area contributed by atoms with Crippen molar-refractivity contribution in [3.05, 3.63) is 29.8 Å². The van der Waals surface area contributed by atoms with Crippen molar-refractivity contribution >= 4 is 21.6 Å². The number of hydrogen-bond acceptors (Lipinski definition) is 2. The predicted molar refractivity (Wildman–Crippen MR) is 82.6 cm³/mol. The summed E-state index contributed by atoms with van der Waals surface area (Å²) in [6, 6.07) is 8.66. The largest absolute Gasteiger partial charge is 0.372 e.